The SMILES string of the molecule is Fc1ccc(N2CCN(C(=S)Nc3ccccc3F)CC2)cc1. The number of thiocarbonyl (C=S) groups is 1. The van der Waals surface area contributed by atoms with E-state index in [1.54, 1.807) is 30.3 Å². The van der Waals surface area contributed by atoms with Crippen molar-refractivity contribution in [3.8, 4) is 0 Å². The highest BCUT2D eigenvalue weighted by atomic mass is 32.1. The van der Waals surface area contributed by atoms with Gasteiger partial charge in [-0.25, -0.2) is 8.78 Å². The first-order valence-corrected chi connectivity index (χ1v) is 7.85. The smallest absolute Gasteiger partial charge is 0.173 e. The molecular weight excluding hydrogens is 316 g/mol. The van der Waals surface area contributed by atoms with E-state index in [4.69, 9.17) is 12.2 Å². The largest absolute Gasteiger partial charge is 0.368 e. The summed E-state index contributed by atoms with van der Waals surface area (Å²) < 4.78 is 26.6. The second-order valence-corrected chi connectivity index (χ2v) is 5.75. The van der Waals surface area contributed by atoms with E-state index in [2.05, 4.69) is 10.2 Å². The van der Waals surface area contributed by atoms with E-state index in [-0.39, 0.29) is 11.6 Å². The van der Waals surface area contributed by atoms with Crippen LogP contribution in [0.3, 0.4) is 0 Å². The minimum atomic E-state index is -0.320. The van der Waals surface area contributed by atoms with Crippen molar-refractivity contribution in [2.45, 2.75) is 0 Å². The summed E-state index contributed by atoms with van der Waals surface area (Å²) in [5, 5.41) is 3.48. The summed E-state index contributed by atoms with van der Waals surface area (Å²) >= 11 is 5.37. The average Bonchev–Trinajstić information content (AvgIpc) is 2.58. The Morgan fingerprint density at radius 1 is 0.913 bits per heavy atom. The van der Waals surface area contributed by atoms with E-state index >= 15 is 0 Å². The number of nitrogens with zero attached hydrogens (tertiary/aromatic N) is 2. The molecule has 0 bridgehead atoms. The second-order valence-electron chi connectivity index (χ2n) is 5.36. The molecule has 3 rings (SSSR count). The molecule has 1 fully saturated rings. The molecule has 0 atom stereocenters. The van der Waals surface area contributed by atoms with Crippen LogP contribution >= 0.6 is 12.2 Å². The number of hydrogen-bond acceptors (Lipinski definition) is 2. The molecule has 2 aromatic rings. The van der Waals surface area contributed by atoms with E-state index in [1.807, 2.05) is 4.90 Å². The quantitative estimate of drug-likeness (QED) is 0.848. The molecule has 0 amide bonds. The summed E-state index contributed by atoms with van der Waals surface area (Å²) in [7, 11) is 0. The maximum atomic E-state index is 13.7. The zero-order valence-electron chi connectivity index (χ0n) is 12.5. The number of hydrogen-bond donors (Lipinski definition) is 1. The van der Waals surface area contributed by atoms with Crippen LogP contribution in [-0.4, -0.2) is 36.2 Å². The molecule has 0 radical (unpaired) electrons. The molecule has 2 aromatic carbocycles. The van der Waals surface area contributed by atoms with Gasteiger partial charge in [-0.05, 0) is 48.6 Å². The molecule has 0 unspecified atom stereocenters. The molecule has 1 saturated heterocycles. The minimum absolute atomic E-state index is 0.234. The number of para-hydroxylation sites is 1. The van der Waals surface area contributed by atoms with Gasteiger partial charge < -0.3 is 15.1 Å². The highest BCUT2D eigenvalue weighted by Gasteiger charge is 2.19. The average molecular weight is 333 g/mol. The van der Waals surface area contributed by atoms with Crippen LogP contribution in [0.2, 0.25) is 0 Å². The third-order valence-electron chi connectivity index (χ3n) is 3.87. The van der Waals surface area contributed by atoms with Crippen molar-refractivity contribution in [2.75, 3.05) is 36.4 Å². The summed E-state index contributed by atoms with van der Waals surface area (Å²) in [5.74, 6) is -0.553. The van der Waals surface area contributed by atoms with Crippen LogP contribution in [0.5, 0.6) is 0 Å². The van der Waals surface area contributed by atoms with Gasteiger partial charge in [-0.3, -0.25) is 0 Å². The Hall–Kier alpha value is -2.21. The molecule has 0 aromatic heterocycles. The molecule has 120 valence electrons. The van der Waals surface area contributed by atoms with Crippen LogP contribution in [0.15, 0.2) is 48.5 Å². The Morgan fingerprint density at radius 2 is 1.57 bits per heavy atom. The molecule has 1 heterocycles. The van der Waals surface area contributed by atoms with Gasteiger partial charge in [-0.15, -0.1) is 0 Å². The van der Waals surface area contributed by atoms with Crippen LogP contribution < -0.4 is 10.2 Å². The highest BCUT2D eigenvalue weighted by molar-refractivity contribution is 7.80. The molecule has 1 aliphatic rings. The van der Waals surface area contributed by atoms with Gasteiger partial charge in [0.05, 0.1) is 5.69 Å². The number of halogens is 2. The van der Waals surface area contributed by atoms with Crippen molar-refractivity contribution < 1.29 is 8.78 Å². The fraction of sp³-hybridized carbons (Fsp3) is 0.235. The van der Waals surface area contributed by atoms with Gasteiger partial charge in [-0.2, -0.15) is 0 Å². The van der Waals surface area contributed by atoms with Crippen molar-refractivity contribution in [3.63, 3.8) is 0 Å². The van der Waals surface area contributed by atoms with Crippen LogP contribution in [0, 0.1) is 11.6 Å². The number of benzene rings is 2. The van der Waals surface area contributed by atoms with E-state index < -0.39 is 0 Å². The second kappa shape index (κ2) is 6.91. The van der Waals surface area contributed by atoms with Gasteiger partial charge >= 0.3 is 0 Å². The lowest BCUT2D eigenvalue weighted by molar-refractivity contribution is 0.390. The van der Waals surface area contributed by atoms with Crippen molar-refractivity contribution in [1.82, 2.24) is 4.90 Å². The third kappa shape index (κ3) is 3.76. The Labute approximate surface area is 139 Å². The lowest BCUT2D eigenvalue weighted by Crippen LogP contribution is -2.50. The fourth-order valence-corrected chi connectivity index (χ4v) is 2.87. The third-order valence-corrected chi connectivity index (χ3v) is 4.23. The molecule has 1 aliphatic heterocycles. The fourth-order valence-electron chi connectivity index (χ4n) is 2.58. The van der Waals surface area contributed by atoms with Gasteiger partial charge in [0, 0.05) is 31.9 Å². The Balaban J connectivity index is 1.57. The Kier molecular flexibility index (Phi) is 4.71. The zero-order valence-corrected chi connectivity index (χ0v) is 13.3. The van der Waals surface area contributed by atoms with Crippen LogP contribution in [-0.2, 0) is 0 Å². The maximum absolute atomic E-state index is 13.7. The maximum Gasteiger partial charge on any atom is 0.173 e. The van der Waals surface area contributed by atoms with Gasteiger partial charge in [-0.1, -0.05) is 12.1 Å². The topological polar surface area (TPSA) is 18.5 Å². The van der Waals surface area contributed by atoms with Crippen LogP contribution in [0.1, 0.15) is 0 Å². The van der Waals surface area contributed by atoms with Crippen molar-refractivity contribution in [2.24, 2.45) is 0 Å². The lowest BCUT2D eigenvalue weighted by atomic mass is 10.2. The molecule has 3 nitrogen and oxygen atoms in total. The summed E-state index contributed by atoms with van der Waals surface area (Å²) in [6, 6.07) is 13.0. The van der Waals surface area contributed by atoms with Gasteiger partial charge in [0.15, 0.2) is 5.11 Å². The molecule has 0 aliphatic carbocycles. The molecule has 0 saturated carbocycles. The summed E-state index contributed by atoms with van der Waals surface area (Å²) in [5.41, 5.74) is 1.39. The standard InChI is InChI=1S/C17H17F2N3S/c18-13-5-7-14(8-6-13)21-9-11-22(12-10-21)17(23)20-16-4-2-1-3-15(16)19/h1-8H,9-12H2,(H,20,23). The molecule has 0 spiro atoms. The predicted molar refractivity (Wildman–Crippen MR) is 92.8 cm³/mol. The number of piperazine rings is 1. The first-order valence-electron chi connectivity index (χ1n) is 7.44. The van der Waals surface area contributed by atoms with Crippen molar-refractivity contribution >= 4 is 28.7 Å². The molecular formula is C17H17F2N3S. The predicted octanol–water partition coefficient (Wildman–Crippen LogP) is 3.48. The summed E-state index contributed by atoms with van der Waals surface area (Å²) in [6.45, 7) is 3.03. The van der Waals surface area contributed by atoms with E-state index in [1.165, 1.54) is 18.2 Å². The number of anilines is 2. The van der Waals surface area contributed by atoms with Crippen LogP contribution in [0.4, 0.5) is 20.2 Å². The van der Waals surface area contributed by atoms with Crippen LogP contribution in [0.25, 0.3) is 0 Å². The zero-order chi connectivity index (χ0) is 16.2. The molecule has 23 heavy (non-hydrogen) atoms. The number of nitrogens with one attached hydrogen (secondary N) is 1. The van der Waals surface area contributed by atoms with Gasteiger partial charge in [0.1, 0.15) is 11.6 Å². The number of rotatable bonds is 2. The summed E-state index contributed by atoms with van der Waals surface area (Å²) in [6.07, 6.45) is 0. The molecule has 1 N–H and O–H groups in total. The van der Waals surface area contributed by atoms with Gasteiger partial charge in [0.2, 0.25) is 0 Å². The van der Waals surface area contributed by atoms with E-state index in [0.717, 1.165) is 31.9 Å². The minimum Gasteiger partial charge on any atom is -0.368 e. The Bertz CT molecular complexity index is 682. The first kappa shape index (κ1) is 15.7. The Morgan fingerprint density at radius 3 is 2.22 bits per heavy atom. The van der Waals surface area contributed by atoms with Crippen molar-refractivity contribution in [1.29, 1.82) is 0 Å². The normalized spacial score (nSPS) is 14.7. The monoisotopic (exact) mass is 333 g/mol. The van der Waals surface area contributed by atoms with E-state index in [9.17, 15) is 8.78 Å². The van der Waals surface area contributed by atoms with Gasteiger partial charge in [0.25, 0.3) is 0 Å². The lowest BCUT2D eigenvalue weighted by Gasteiger charge is -2.37. The molecule has 6 heteroatoms. The van der Waals surface area contributed by atoms with Crippen molar-refractivity contribution in [3.05, 3.63) is 60.2 Å². The highest BCUT2D eigenvalue weighted by Crippen LogP contribution is 2.18. The summed E-state index contributed by atoms with van der Waals surface area (Å²) in [4.78, 5) is 4.20. The first-order chi connectivity index (χ1) is 11.1. The van der Waals surface area contributed by atoms with E-state index in [0.29, 0.717) is 10.8 Å².